The molecule has 1 unspecified atom stereocenters. The second kappa shape index (κ2) is 5.65. The molecule has 1 atom stereocenters. The van der Waals surface area contributed by atoms with Crippen LogP contribution in [0.15, 0.2) is 23.1 Å². The maximum Gasteiger partial charge on any atom is 0.254 e. The minimum absolute atomic E-state index is 0.0836. The molecule has 20 heavy (non-hydrogen) atoms. The molecule has 1 aliphatic rings. The van der Waals surface area contributed by atoms with Gasteiger partial charge in [-0.25, -0.2) is 8.42 Å². The van der Waals surface area contributed by atoms with Gasteiger partial charge in [-0.15, -0.1) is 0 Å². The Bertz CT molecular complexity index is 629. The number of nitrogen functional groups attached to an aromatic ring is 1. The molecule has 1 fully saturated rings. The molecule has 0 saturated carbocycles. The number of hydrogen-bond acceptors (Lipinski definition) is 5. The van der Waals surface area contributed by atoms with E-state index in [1.807, 2.05) is 11.8 Å². The maximum atomic E-state index is 12.4. The van der Waals surface area contributed by atoms with E-state index >= 15 is 0 Å². The fraction of sp³-hybridized carbons (Fsp3) is 0.462. The Balaban J connectivity index is 2.32. The number of anilines is 1. The normalized spacial score (nSPS) is 19.9. The first-order valence-corrected chi connectivity index (χ1v) is 9.23. The summed E-state index contributed by atoms with van der Waals surface area (Å²) in [4.78, 5) is 14.3. The first kappa shape index (κ1) is 15.2. The highest BCUT2D eigenvalue weighted by Crippen LogP contribution is 2.22. The molecule has 1 aromatic carbocycles. The van der Waals surface area contributed by atoms with Crippen LogP contribution < -0.4 is 5.73 Å². The molecule has 0 bridgehead atoms. The van der Waals surface area contributed by atoms with Crippen LogP contribution in [0.1, 0.15) is 17.3 Å². The predicted octanol–water partition coefficient (Wildman–Crippen LogP) is 1.25. The molecule has 110 valence electrons. The van der Waals surface area contributed by atoms with Gasteiger partial charge in [0.15, 0.2) is 9.84 Å². The highest BCUT2D eigenvalue weighted by molar-refractivity contribution is 8.00. The quantitative estimate of drug-likeness (QED) is 0.831. The van der Waals surface area contributed by atoms with Gasteiger partial charge in [0.1, 0.15) is 0 Å². The third-order valence-electron chi connectivity index (χ3n) is 3.13. The van der Waals surface area contributed by atoms with Crippen molar-refractivity contribution in [2.24, 2.45) is 0 Å². The van der Waals surface area contributed by atoms with Gasteiger partial charge in [-0.1, -0.05) is 6.92 Å². The van der Waals surface area contributed by atoms with Crippen LogP contribution in [-0.4, -0.2) is 49.6 Å². The minimum atomic E-state index is -3.38. The maximum absolute atomic E-state index is 12.4. The van der Waals surface area contributed by atoms with Crippen molar-refractivity contribution in [3.05, 3.63) is 23.8 Å². The number of carbonyl (C=O) groups excluding carboxylic acids is 1. The van der Waals surface area contributed by atoms with Crippen LogP contribution in [0.4, 0.5) is 5.69 Å². The number of thioether (sulfide) groups is 1. The molecule has 2 rings (SSSR count). The van der Waals surface area contributed by atoms with Gasteiger partial charge in [0.25, 0.3) is 5.91 Å². The molecule has 5 nitrogen and oxygen atoms in total. The van der Waals surface area contributed by atoms with Crippen LogP contribution in [0.5, 0.6) is 0 Å². The van der Waals surface area contributed by atoms with Gasteiger partial charge in [-0.2, -0.15) is 11.8 Å². The van der Waals surface area contributed by atoms with E-state index < -0.39 is 9.84 Å². The standard InChI is InChI=1S/C13H18N2O3S2/c1-9-8-15(3-4-19-9)13(16)10-5-11(14)7-12(6-10)20(2,17)18/h5-7,9H,3-4,8,14H2,1-2H3. The molecule has 2 N–H and O–H groups in total. The van der Waals surface area contributed by atoms with Gasteiger partial charge >= 0.3 is 0 Å². The van der Waals surface area contributed by atoms with Gasteiger partial charge in [-0.05, 0) is 18.2 Å². The zero-order valence-corrected chi connectivity index (χ0v) is 13.1. The largest absolute Gasteiger partial charge is 0.399 e. The number of benzene rings is 1. The smallest absolute Gasteiger partial charge is 0.254 e. The molecule has 7 heteroatoms. The Labute approximate surface area is 123 Å². The third kappa shape index (κ3) is 3.46. The number of nitrogens with zero attached hydrogens (tertiary/aromatic N) is 1. The lowest BCUT2D eigenvalue weighted by atomic mass is 10.1. The van der Waals surface area contributed by atoms with Gasteiger partial charge < -0.3 is 10.6 Å². The Morgan fingerprint density at radius 2 is 2.10 bits per heavy atom. The van der Waals surface area contributed by atoms with E-state index in [0.29, 0.717) is 23.9 Å². The topological polar surface area (TPSA) is 80.5 Å². The lowest BCUT2D eigenvalue weighted by Crippen LogP contribution is -2.41. The predicted molar refractivity (Wildman–Crippen MR) is 81.8 cm³/mol. The van der Waals surface area contributed by atoms with Crippen molar-refractivity contribution in [3.8, 4) is 0 Å². The van der Waals surface area contributed by atoms with Crippen LogP contribution in [0.25, 0.3) is 0 Å². The van der Waals surface area contributed by atoms with Crippen LogP contribution >= 0.6 is 11.8 Å². The summed E-state index contributed by atoms with van der Waals surface area (Å²) in [5, 5.41) is 0.392. The molecule has 1 saturated heterocycles. The summed E-state index contributed by atoms with van der Waals surface area (Å²) >= 11 is 1.83. The molecule has 0 radical (unpaired) electrons. The molecule has 0 aromatic heterocycles. The summed E-state index contributed by atoms with van der Waals surface area (Å²) in [6.45, 7) is 3.43. The molecule has 0 aliphatic carbocycles. The van der Waals surface area contributed by atoms with E-state index in [4.69, 9.17) is 5.73 Å². The average Bonchev–Trinajstić information content (AvgIpc) is 2.36. The van der Waals surface area contributed by atoms with Crippen molar-refractivity contribution in [1.29, 1.82) is 0 Å². The summed E-state index contributed by atoms with van der Waals surface area (Å²) in [7, 11) is -3.38. The second-order valence-electron chi connectivity index (χ2n) is 5.00. The summed E-state index contributed by atoms with van der Waals surface area (Å²) in [6.07, 6.45) is 1.11. The van der Waals surface area contributed by atoms with Gasteiger partial charge in [0.2, 0.25) is 0 Å². The van der Waals surface area contributed by atoms with E-state index in [2.05, 4.69) is 6.92 Å². The van der Waals surface area contributed by atoms with Gasteiger partial charge in [0, 0.05) is 41.6 Å². The molecule has 0 spiro atoms. The zero-order valence-electron chi connectivity index (χ0n) is 11.5. The highest BCUT2D eigenvalue weighted by atomic mass is 32.2. The van der Waals surface area contributed by atoms with Crippen LogP contribution in [0.2, 0.25) is 0 Å². The zero-order chi connectivity index (χ0) is 14.9. The Morgan fingerprint density at radius 1 is 1.40 bits per heavy atom. The number of sulfone groups is 1. The Hall–Kier alpha value is -1.21. The number of nitrogens with two attached hydrogens (primary N) is 1. The SMILES string of the molecule is CC1CN(C(=O)c2cc(N)cc(S(C)(=O)=O)c2)CCS1. The second-order valence-corrected chi connectivity index (χ2v) is 8.56. The number of hydrogen-bond donors (Lipinski definition) is 1. The highest BCUT2D eigenvalue weighted by Gasteiger charge is 2.23. The number of carbonyl (C=O) groups is 1. The summed E-state index contributed by atoms with van der Waals surface area (Å²) in [6, 6.07) is 4.31. The monoisotopic (exact) mass is 314 g/mol. The molecular formula is C13H18N2O3S2. The lowest BCUT2D eigenvalue weighted by molar-refractivity contribution is 0.0763. The molecular weight excluding hydrogens is 296 g/mol. The van der Waals surface area contributed by atoms with Crippen molar-refractivity contribution in [1.82, 2.24) is 4.90 Å². The lowest BCUT2D eigenvalue weighted by Gasteiger charge is -2.30. The Morgan fingerprint density at radius 3 is 2.70 bits per heavy atom. The van der Waals surface area contributed by atoms with E-state index in [-0.39, 0.29) is 16.5 Å². The van der Waals surface area contributed by atoms with Crippen molar-refractivity contribution in [2.75, 3.05) is 30.8 Å². The Kier molecular flexibility index (Phi) is 4.29. The summed E-state index contributed by atoms with van der Waals surface area (Å²) < 4.78 is 23.2. The van der Waals surface area contributed by atoms with Crippen molar-refractivity contribution >= 4 is 33.2 Å². The number of amides is 1. The van der Waals surface area contributed by atoms with Gasteiger partial charge in [0.05, 0.1) is 4.90 Å². The average molecular weight is 314 g/mol. The minimum Gasteiger partial charge on any atom is -0.399 e. The van der Waals surface area contributed by atoms with Gasteiger partial charge in [-0.3, -0.25) is 4.79 Å². The van der Waals surface area contributed by atoms with E-state index in [9.17, 15) is 13.2 Å². The molecule has 1 heterocycles. The van der Waals surface area contributed by atoms with Crippen LogP contribution in [0.3, 0.4) is 0 Å². The first-order valence-electron chi connectivity index (χ1n) is 6.29. The third-order valence-corrected chi connectivity index (χ3v) is 5.36. The fourth-order valence-corrected chi connectivity index (χ4v) is 3.85. The van der Waals surface area contributed by atoms with Crippen molar-refractivity contribution in [2.45, 2.75) is 17.1 Å². The molecule has 1 aromatic rings. The van der Waals surface area contributed by atoms with Crippen LogP contribution in [-0.2, 0) is 9.84 Å². The van der Waals surface area contributed by atoms with Crippen molar-refractivity contribution in [3.63, 3.8) is 0 Å². The van der Waals surface area contributed by atoms with Crippen molar-refractivity contribution < 1.29 is 13.2 Å². The van der Waals surface area contributed by atoms with Crippen LogP contribution in [0, 0.1) is 0 Å². The summed E-state index contributed by atoms with van der Waals surface area (Å²) in [5.74, 6) is 0.739. The molecule has 1 aliphatic heterocycles. The van der Waals surface area contributed by atoms with E-state index in [0.717, 1.165) is 12.0 Å². The molecule has 1 amide bonds. The fourth-order valence-electron chi connectivity index (χ4n) is 2.15. The number of rotatable bonds is 2. The summed E-state index contributed by atoms with van der Waals surface area (Å²) in [5.41, 5.74) is 6.34. The first-order chi connectivity index (χ1) is 9.27. The van der Waals surface area contributed by atoms with E-state index in [1.165, 1.54) is 18.2 Å². The van der Waals surface area contributed by atoms with E-state index in [1.54, 1.807) is 4.90 Å².